The van der Waals surface area contributed by atoms with Gasteiger partial charge in [0.15, 0.2) is 0 Å². The quantitative estimate of drug-likeness (QED) is 0.796. The SMILES string of the molecule is CCOC(=O)N1CCN(c2ccc(N)cc2C(N)=O)CC1. The summed E-state index contributed by atoms with van der Waals surface area (Å²) in [6.45, 7) is 4.46. The van der Waals surface area contributed by atoms with Crippen molar-refractivity contribution in [2.45, 2.75) is 6.92 Å². The van der Waals surface area contributed by atoms with Gasteiger partial charge in [-0.3, -0.25) is 4.79 Å². The summed E-state index contributed by atoms with van der Waals surface area (Å²) in [6.07, 6.45) is -0.301. The fourth-order valence-electron chi connectivity index (χ4n) is 2.37. The van der Waals surface area contributed by atoms with Crippen molar-refractivity contribution in [3.05, 3.63) is 23.8 Å². The van der Waals surface area contributed by atoms with Crippen LogP contribution < -0.4 is 16.4 Å². The number of benzene rings is 1. The number of ether oxygens (including phenoxy) is 1. The highest BCUT2D eigenvalue weighted by Crippen LogP contribution is 2.24. The molecule has 7 heteroatoms. The molecule has 1 aliphatic rings. The average molecular weight is 292 g/mol. The standard InChI is InChI=1S/C14H20N4O3/c1-2-21-14(20)18-7-5-17(6-8-18)12-4-3-10(15)9-11(12)13(16)19/h3-4,9H,2,5-8,15H2,1H3,(H2,16,19). The number of hydrogen-bond donors (Lipinski definition) is 2. The Morgan fingerprint density at radius 2 is 1.90 bits per heavy atom. The number of rotatable bonds is 3. The van der Waals surface area contributed by atoms with Gasteiger partial charge in [-0.2, -0.15) is 0 Å². The normalized spacial score (nSPS) is 14.9. The number of nitrogens with zero attached hydrogens (tertiary/aromatic N) is 2. The number of carbonyl (C=O) groups excluding carboxylic acids is 2. The van der Waals surface area contributed by atoms with Crippen molar-refractivity contribution in [3.63, 3.8) is 0 Å². The van der Waals surface area contributed by atoms with Crippen molar-refractivity contribution < 1.29 is 14.3 Å². The Balaban J connectivity index is 2.09. The Morgan fingerprint density at radius 1 is 1.24 bits per heavy atom. The summed E-state index contributed by atoms with van der Waals surface area (Å²) in [5, 5.41) is 0. The molecule has 0 atom stereocenters. The predicted octanol–water partition coefficient (Wildman–Crippen LogP) is 0.646. The molecule has 0 spiro atoms. The number of hydrogen-bond acceptors (Lipinski definition) is 5. The van der Waals surface area contributed by atoms with E-state index in [4.69, 9.17) is 16.2 Å². The third kappa shape index (κ3) is 3.36. The van der Waals surface area contributed by atoms with E-state index < -0.39 is 5.91 Å². The first-order valence-electron chi connectivity index (χ1n) is 6.89. The molecule has 4 N–H and O–H groups in total. The first kappa shape index (κ1) is 15.0. The van der Waals surface area contributed by atoms with Crippen LogP contribution in [0.15, 0.2) is 18.2 Å². The van der Waals surface area contributed by atoms with Crippen LogP contribution in [0.3, 0.4) is 0 Å². The molecule has 7 nitrogen and oxygen atoms in total. The van der Waals surface area contributed by atoms with E-state index in [0.29, 0.717) is 44.0 Å². The summed E-state index contributed by atoms with van der Waals surface area (Å²) in [6, 6.07) is 5.10. The van der Waals surface area contributed by atoms with Crippen molar-refractivity contribution in [1.82, 2.24) is 4.90 Å². The van der Waals surface area contributed by atoms with Crippen molar-refractivity contribution in [3.8, 4) is 0 Å². The monoisotopic (exact) mass is 292 g/mol. The van der Waals surface area contributed by atoms with Crippen LogP contribution in [0.2, 0.25) is 0 Å². The maximum atomic E-state index is 11.7. The summed E-state index contributed by atoms with van der Waals surface area (Å²) in [5.41, 5.74) is 12.7. The molecule has 1 fully saturated rings. The summed E-state index contributed by atoms with van der Waals surface area (Å²) in [7, 11) is 0. The second-order valence-electron chi connectivity index (χ2n) is 4.81. The van der Waals surface area contributed by atoms with Crippen LogP contribution in [0.4, 0.5) is 16.2 Å². The highest BCUT2D eigenvalue weighted by Gasteiger charge is 2.24. The summed E-state index contributed by atoms with van der Waals surface area (Å²) in [5.74, 6) is -0.509. The van der Waals surface area contributed by atoms with Gasteiger partial charge in [0.1, 0.15) is 0 Å². The number of nitrogen functional groups attached to an aromatic ring is 1. The molecule has 0 bridgehead atoms. The van der Waals surface area contributed by atoms with Gasteiger partial charge in [-0.1, -0.05) is 0 Å². The first-order chi connectivity index (χ1) is 10.0. The van der Waals surface area contributed by atoms with Gasteiger partial charge in [-0.05, 0) is 25.1 Å². The van der Waals surface area contributed by atoms with E-state index in [1.807, 2.05) is 4.90 Å². The molecule has 0 unspecified atom stereocenters. The lowest BCUT2D eigenvalue weighted by Gasteiger charge is -2.36. The maximum Gasteiger partial charge on any atom is 0.409 e. The van der Waals surface area contributed by atoms with Crippen LogP contribution >= 0.6 is 0 Å². The first-order valence-corrected chi connectivity index (χ1v) is 6.89. The Labute approximate surface area is 123 Å². The lowest BCUT2D eigenvalue weighted by molar-refractivity contribution is 0.0995. The van der Waals surface area contributed by atoms with Gasteiger partial charge in [0.05, 0.1) is 12.2 Å². The maximum absolute atomic E-state index is 11.7. The van der Waals surface area contributed by atoms with Crippen molar-refractivity contribution in [2.75, 3.05) is 43.4 Å². The van der Waals surface area contributed by atoms with E-state index in [-0.39, 0.29) is 6.09 Å². The van der Waals surface area contributed by atoms with Crippen LogP contribution in [0.25, 0.3) is 0 Å². The van der Waals surface area contributed by atoms with Gasteiger partial charge >= 0.3 is 6.09 Å². The zero-order chi connectivity index (χ0) is 15.4. The van der Waals surface area contributed by atoms with Crippen LogP contribution in [0, 0.1) is 0 Å². The molecule has 0 aromatic heterocycles. The molecule has 1 aromatic rings. The predicted molar refractivity (Wildman–Crippen MR) is 80.2 cm³/mol. The van der Waals surface area contributed by atoms with Crippen LogP contribution in [-0.2, 0) is 4.74 Å². The lowest BCUT2D eigenvalue weighted by Crippen LogP contribution is -2.49. The summed E-state index contributed by atoms with van der Waals surface area (Å²) >= 11 is 0. The smallest absolute Gasteiger partial charge is 0.409 e. The minimum atomic E-state index is -0.509. The van der Waals surface area contributed by atoms with Crippen molar-refractivity contribution in [2.24, 2.45) is 5.73 Å². The molecule has 21 heavy (non-hydrogen) atoms. The van der Waals surface area contributed by atoms with E-state index >= 15 is 0 Å². The van der Waals surface area contributed by atoms with Gasteiger partial charge in [-0.25, -0.2) is 4.79 Å². The fourth-order valence-corrected chi connectivity index (χ4v) is 2.37. The van der Waals surface area contributed by atoms with Crippen LogP contribution in [0.1, 0.15) is 17.3 Å². The number of primary amides is 1. The van der Waals surface area contributed by atoms with E-state index in [0.717, 1.165) is 5.69 Å². The topological polar surface area (TPSA) is 102 Å². The van der Waals surface area contributed by atoms with E-state index in [1.165, 1.54) is 0 Å². The molecular weight excluding hydrogens is 272 g/mol. The molecule has 0 aliphatic carbocycles. The molecular formula is C14H20N4O3. The van der Waals surface area contributed by atoms with E-state index in [2.05, 4.69) is 0 Å². The molecule has 2 amide bonds. The van der Waals surface area contributed by atoms with Gasteiger partial charge in [0.2, 0.25) is 0 Å². The number of carbonyl (C=O) groups is 2. The molecule has 1 aromatic carbocycles. The van der Waals surface area contributed by atoms with E-state index in [1.54, 1.807) is 30.0 Å². The molecule has 2 rings (SSSR count). The Bertz CT molecular complexity index is 539. The molecule has 0 saturated carbocycles. The van der Waals surface area contributed by atoms with Crippen molar-refractivity contribution in [1.29, 1.82) is 0 Å². The number of anilines is 2. The summed E-state index contributed by atoms with van der Waals surface area (Å²) < 4.78 is 4.98. The number of nitrogens with two attached hydrogens (primary N) is 2. The number of piperazine rings is 1. The van der Waals surface area contributed by atoms with Gasteiger partial charge in [0.25, 0.3) is 5.91 Å². The summed E-state index contributed by atoms with van der Waals surface area (Å²) in [4.78, 5) is 26.9. The molecule has 114 valence electrons. The van der Waals surface area contributed by atoms with E-state index in [9.17, 15) is 9.59 Å². The van der Waals surface area contributed by atoms with Gasteiger partial charge in [-0.15, -0.1) is 0 Å². The van der Waals surface area contributed by atoms with Crippen LogP contribution in [-0.4, -0.2) is 49.7 Å². The van der Waals surface area contributed by atoms with Crippen LogP contribution in [0.5, 0.6) is 0 Å². The minimum Gasteiger partial charge on any atom is -0.450 e. The molecule has 1 heterocycles. The third-order valence-electron chi connectivity index (χ3n) is 3.43. The Hall–Kier alpha value is -2.44. The Kier molecular flexibility index (Phi) is 4.52. The highest BCUT2D eigenvalue weighted by atomic mass is 16.6. The lowest BCUT2D eigenvalue weighted by atomic mass is 10.1. The molecule has 1 aliphatic heterocycles. The highest BCUT2D eigenvalue weighted by molar-refractivity contribution is 5.99. The molecule has 0 radical (unpaired) electrons. The zero-order valence-electron chi connectivity index (χ0n) is 12.0. The second-order valence-corrected chi connectivity index (χ2v) is 4.81. The second kappa shape index (κ2) is 6.34. The average Bonchev–Trinajstić information content (AvgIpc) is 2.47. The van der Waals surface area contributed by atoms with Gasteiger partial charge < -0.3 is 26.0 Å². The minimum absolute atomic E-state index is 0.301. The largest absolute Gasteiger partial charge is 0.450 e. The number of amides is 2. The zero-order valence-corrected chi connectivity index (χ0v) is 12.0. The molecule has 1 saturated heterocycles. The fraction of sp³-hybridized carbons (Fsp3) is 0.429. The van der Waals surface area contributed by atoms with Gasteiger partial charge in [0, 0.05) is 37.6 Å². The Morgan fingerprint density at radius 3 is 2.48 bits per heavy atom. The van der Waals surface area contributed by atoms with Crippen molar-refractivity contribution >= 4 is 23.4 Å². The third-order valence-corrected chi connectivity index (χ3v) is 3.43.